The molecule has 1 heterocycles. The second kappa shape index (κ2) is 9.58. The van der Waals surface area contributed by atoms with Crippen LogP contribution >= 0.6 is 23.2 Å². The van der Waals surface area contributed by atoms with E-state index in [2.05, 4.69) is 5.32 Å². The molecule has 0 aliphatic carbocycles. The van der Waals surface area contributed by atoms with Gasteiger partial charge in [-0.05, 0) is 24.6 Å². The third-order valence-corrected chi connectivity index (χ3v) is 5.78. The number of urea groups is 1. The van der Waals surface area contributed by atoms with Gasteiger partial charge in [0.25, 0.3) is 5.91 Å². The molecule has 1 saturated heterocycles. The number of nitrogens with zero attached hydrogens (tertiary/aromatic N) is 2. The lowest BCUT2D eigenvalue weighted by molar-refractivity contribution is -0.139. The fourth-order valence-corrected chi connectivity index (χ4v) is 4.09. The van der Waals surface area contributed by atoms with E-state index in [1.165, 1.54) is 17.9 Å². The maximum atomic E-state index is 13.2. The van der Waals surface area contributed by atoms with Gasteiger partial charge in [-0.3, -0.25) is 19.3 Å². The number of nitrogens with two attached hydrogens (primary N) is 1. The molecule has 0 unspecified atom stereocenters. The van der Waals surface area contributed by atoms with E-state index in [1.54, 1.807) is 12.1 Å². The smallest absolute Gasteiger partial charge is 0.325 e. The summed E-state index contributed by atoms with van der Waals surface area (Å²) in [5.74, 6) is -1.67. The summed E-state index contributed by atoms with van der Waals surface area (Å²) >= 11 is 12.2. The molecule has 0 spiro atoms. The van der Waals surface area contributed by atoms with E-state index in [-0.39, 0.29) is 24.5 Å². The minimum absolute atomic E-state index is 0.0448. The van der Waals surface area contributed by atoms with Gasteiger partial charge in [0.15, 0.2) is 0 Å². The number of halogens is 2. The molecule has 168 valence electrons. The molecule has 1 atom stereocenters. The van der Waals surface area contributed by atoms with E-state index in [1.807, 2.05) is 30.3 Å². The van der Waals surface area contributed by atoms with Crippen LogP contribution in [-0.2, 0) is 26.5 Å². The van der Waals surface area contributed by atoms with Gasteiger partial charge in [0, 0.05) is 35.1 Å². The average molecular weight is 477 g/mol. The zero-order valence-electron chi connectivity index (χ0n) is 17.3. The molecule has 2 aromatic carbocycles. The van der Waals surface area contributed by atoms with Crippen molar-refractivity contribution >= 4 is 47.0 Å². The number of primary amides is 1. The average Bonchev–Trinajstić information content (AvgIpc) is 2.95. The molecule has 32 heavy (non-hydrogen) atoms. The van der Waals surface area contributed by atoms with Crippen molar-refractivity contribution in [1.82, 2.24) is 15.1 Å². The van der Waals surface area contributed by atoms with Crippen molar-refractivity contribution in [3.8, 4) is 0 Å². The van der Waals surface area contributed by atoms with Crippen LogP contribution in [0.5, 0.6) is 0 Å². The Morgan fingerprint density at radius 1 is 1.12 bits per heavy atom. The largest absolute Gasteiger partial charge is 0.370 e. The molecule has 1 fully saturated rings. The molecule has 1 aliphatic rings. The van der Waals surface area contributed by atoms with Crippen LogP contribution < -0.4 is 11.1 Å². The van der Waals surface area contributed by atoms with Gasteiger partial charge in [-0.15, -0.1) is 0 Å². The number of carbonyl (C=O) groups is 4. The predicted octanol–water partition coefficient (Wildman–Crippen LogP) is 2.66. The summed E-state index contributed by atoms with van der Waals surface area (Å²) < 4.78 is 0. The Kier molecular flexibility index (Phi) is 7.06. The summed E-state index contributed by atoms with van der Waals surface area (Å²) in [7, 11) is 0. The van der Waals surface area contributed by atoms with Crippen LogP contribution in [0.4, 0.5) is 4.79 Å². The van der Waals surface area contributed by atoms with Crippen LogP contribution in [0.15, 0.2) is 48.5 Å². The second-order valence-electron chi connectivity index (χ2n) is 7.59. The van der Waals surface area contributed by atoms with Crippen LogP contribution in [0.25, 0.3) is 0 Å². The molecule has 0 aromatic heterocycles. The third-order valence-electron chi connectivity index (χ3n) is 5.24. The highest BCUT2D eigenvalue weighted by Gasteiger charge is 2.50. The van der Waals surface area contributed by atoms with Crippen molar-refractivity contribution in [1.29, 1.82) is 0 Å². The predicted molar refractivity (Wildman–Crippen MR) is 120 cm³/mol. The van der Waals surface area contributed by atoms with Crippen molar-refractivity contribution in [2.24, 2.45) is 5.73 Å². The molecule has 1 aliphatic heterocycles. The highest BCUT2D eigenvalue weighted by atomic mass is 35.5. The van der Waals surface area contributed by atoms with Crippen LogP contribution in [-0.4, -0.2) is 46.6 Å². The normalized spacial score (nSPS) is 17.9. The van der Waals surface area contributed by atoms with Gasteiger partial charge < -0.3 is 16.0 Å². The number of benzene rings is 2. The Labute approximate surface area is 195 Å². The first kappa shape index (κ1) is 23.6. The SMILES string of the molecule is C[C@]1(c2ccc(Cl)cc2Cl)NC(=O)N(CC(=O)N(CCC(N)=O)Cc2ccccc2)C1=O. The molecule has 3 rings (SSSR count). The lowest BCUT2D eigenvalue weighted by atomic mass is 9.92. The Morgan fingerprint density at radius 3 is 2.44 bits per heavy atom. The molecule has 8 nitrogen and oxygen atoms in total. The van der Waals surface area contributed by atoms with Crippen LogP contribution in [0, 0.1) is 0 Å². The molecule has 2 aromatic rings. The van der Waals surface area contributed by atoms with E-state index in [0.29, 0.717) is 10.6 Å². The number of amides is 5. The molecule has 10 heteroatoms. The number of rotatable bonds is 8. The van der Waals surface area contributed by atoms with E-state index >= 15 is 0 Å². The van der Waals surface area contributed by atoms with Crippen LogP contribution in [0.3, 0.4) is 0 Å². The summed E-state index contributed by atoms with van der Waals surface area (Å²) in [6.07, 6.45) is -0.0448. The number of imide groups is 1. The summed E-state index contributed by atoms with van der Waals surface area (Å²) in [6.45, 7) is 1.29. The summed E-state index contributed by atoms with van der Waals surface area (Å²) in [6, 6.07) is 13.0. The monoisotopic (exact) mass is 476 g/mol. The maximum Gasteiger partial charge on any atom is 0.325 e. The van der Waals surface area contributed by atoms with Gasteiger partial charge in [0.05, 0.1) is 0 Å². The Balaban J connectivity index is 1.80. The van der Waals surface area contributed by atoms with Gasteiger partial charge in [-0.1, -0.05) is 59.6 Å². The quantitative estimate of drug-likeness (QED) is 0.570. The first-order chi connectivity index (χ1) is 15.1. The summed E-state index contributed by atoms with van der Waals surface area (Å²) in [4.78, 5) is 52.3. The van der Waals surface area contributed by atoms with Crippen molar-refractivity contribution in [2.45, 2.75) is 25.4 Å². The Hall–Kier alpha value is -3.10. The molecule has 0 bridgehead atoms. The van der Waals surface area contributed by atoms with Crippen LogP contribution in [0.2, 0.25) is 10.0 Å². The van der Waals surface area contributed by atoms with E-state index in [0.717, 1.165) is 10.5 Å². The maximum absolute atomic E-state index is 13.2. The molecular weight excluding hydrogens is 455 g/mol. The number of hydrogen-bond donors (Lipinski definition) is 2. The van der Waals surface area contributed by atoms with Gasteiger partial charge in [-0.25, -0.2) is 4.79 Å². The summed E-state index contributed by atoms with van der Waals surface area (Å²) in [5, 5.41) is 3.22. The van der Waals surface area contributed by atoms with Crippen molar-refractivity contribution in [2.75, 3.05) is 13.1 Å². The topological polar surface area (TPSA) is 113 Å². The molecule has 5 amide bonds. The third kappa shape index (κ3) is 5.03. The zero-order valence-corrected chi connectivity index (χ0v) is 18.8. The lowest BCUT2D eigenvalue weighted by Gasteiger charge is -2.26. The first-order valence-electron chi connectivity index (χ1n) is 9.81. The minimum Gasteiger partial charge on any atom is -0.370 e. The van der Waals surface area contributed by atoms with Crippen molar-refractivity contribution in [3.63, 3.8) is 0 Å². The minimum atomic E-state index is -1.45. The Morgan fingerprint density at radius 2 is 1.81 bits per heavy atom. The highest BCUT2D eigenvalue weighted by Crippen LogP contribution is 2.35. The van der Waals surface area contributed by atoms with Gasteiger partial charge in [0.2, 0.25) is 11.8 Å². The van der Waals surface area contributed by atoms with Crippen LogP contribution in [0.1, 0.15) is 24.5 Å². The highest BCUT2D eigenvalue weighted by molar-refractivity contribution is 6.35. The standard InChI is InChI=1S/C22H22Cl2N4O4/c1-22(16-8-7-15(23)11-17(16)24)20(31)28(21(32)26-22)13-19(30)27(10-9-18(25)29)12-14-5-3-2-4-6-14/h2-8,11H,9-10,12-13H2,1H3,(H2,25,29)(H,26,32)/t22-/m1/s1. The van der Waals surface area contributed by atoms with Crippen molar-refractivity contribution < 1.29 is 19.2 Å². The Bertz CT molecular complexity index is 1060. The number of nitrogens with one attached hydrogen (secondary N) is 1. The van der Waals surface area contributed by atoms with E-state index < -0.39 is 35.8 Å². The number of hydrogen-bond acceptors (Lipinski definition) is 4. The molecular formula is C22H22Cl2N4O4. The molecule has 0 radical (unpaired) electrons. The summed E-state index contributed by atoms with van der Waals surface area (Å²) in [5.41, 5.74) is 4.99. The molecule has 3 N–H and O–H groups in total. The fourth-order valence-electron chi connectivity index (χ4n) is 3.49. The van der Waals surface area contributed by atoms with E-state index in [9.17, 15) is 19.2 Å². The number of carbonyl (C=O) groups excluding carboxylic acids is 4. The van der Waals surface area contributed by atoms with Gasteiger partial charge >= 0.3 is 6.03 Å². The van der Waals surface area contributed by atoms with Gasteiger partial charge in [0.1, 0.15) is 12.1 Å². The lowest BCUT2D eigenvalue weighted by Crippen LogP contribution is -2.45. The second-order valence-corrected chi connectivity index (χ2v) is 8.43. The molecule has 0 saturated carbocycles. The zero-order chi connectivity index (χ0) is 23.5. The van der Waals surface area contributed by atoms with Gasteiger partial charge in [-0.2, -0.15) is 0 Å². The van der Waals surface area contributed by atoms with Crippen molar-refractivity contribution in [3.05, 3.63) is 69.7 Å². The van der Waals surface area contributed by atoms with E-state index in [4.69, 9.17) is 28.9 Å². The fraction of sp³-hybridized carbons (Fsp3) is 0.273. The first-order valence-corrected chi connectivity index (χ1v) is 10.6.